The molecule has 3 unspecified atom stereocenters. The Kier molecular flexibility index (Phi) is 3.84. The Labute approximate surface area is 122 Å². The van der Waals surface area contributed by atoms with Crippen molar-refractivity contribution in [3.05, 3.63) is 0 Å². The van der Waals surface area contributed by atoms with Crippen molar-refractivity contribution in [2.45, 2.75) is 25.3 Å². The first-order valence-electron chi connectivity index (χ1n) is 7.49. The zero-order valence-electron chi connectivity index (χ0n) is 11.9. The molecule has 2 amide bonds. The van der Waals surface area contributed by atoms with Crippen LogP contribution in [0.15, 0.2) is 0 Å². The van der Waals surface area contributed by atoms with Crippen molar-refractivity contribution in [2.75, 3.05) is 32.8 Å². The Hall–Kier alpha value is -1.63. The van der Waals surface area contributed by atoms with E-state index in [1.54, 1.807) is 9.80 Å². The van der Waals surface area contributed by atoms with Crippen molar-refractivity contribution in [1.29, 1.82) is 0 Å². The summed E-state index contributed by atoms with van der Waals surface area (Å²) in [6, 6.07) is -0.411. The van der Waals surface area contributed by atoms with Gasteiger partial charge in [0.05, 0.1) is 25.0 Å². The second-order valence-electron chi connectivity index (χ2n) is 5.91. The lowest BCUT2D eigenvalue weighted by molar-refractivity contribution is -0.148. The molecule has 1 N–H and O–H groups in total. The van der Waals surface area contributed by atoms with Crippen molar-refractivity contribution in [3.63, 3.8) is 0 Å². The molecule has 21 heavy (non-hydrogen) atoms. The quantitative estimate of drug-likeness (QED) is 0.762. The number of hydrogen-bond donors (Lipinski definition) is 1. The monoisotopic (exact) mass is 296 g/mol. The van der Waals surface area contributed by atoms with E-state index in [2.05, 4.69) is 0 Å². The Bertz CT molecular complexity index is 460. The fourth-order valence-electron chi connectivity index (χ4n) is 3.24. The molecule has 3 atom stereocenters. The summed E-state index contributed by atoms with van der Waals surface area (Å²) in [5, 5.41) is 8.93. The predicted octanol–water partition coefficient (Wildman–Crippen LogP) is -0.443. The normalized spacial score (nSPS) is 32.1. The minimum Gasteiger partial charge on any atom is -0.481 e. The van der Waals surface area contributed by atoms with Crippen LogP contribution in [0.4, 0.5) is 0 Å². The molecule has 0 aromatic heterocycles. The number of rotatable bonds is 3. The van der Waals surface area contributed by atoms with Crippen molar-refractivity contribution < 1.29 is 24.2 Å². The third-order valence-electron chi connectivity index (χ3n) is 4.57. The molecule has 2 saturated heterocycles. The van der Waals surface area contributed by atoms with E-state index in [0.717, 1.165) is 6.42 Å². The van der Waals surface area contributed by atoms with E-state index in [1.165, 1.54) is 0 Å². The maximum atomic E-state index is 12.5. The van der Waals surface area contributed by atoms with E-state index in [-0.39, 0.29) is 11.8 Å². The van der Waals surface area contributed by atoms with Gasteiger partial charge in [0, 0.05) is 19.6 Å². The van der Waals surface area contributed by atoms with Gasteiger partial charge in [-0.1, -0.05) is 0 Å². The molecule has 7 nitrogen and oxygen atoms in total. The molecule has 3 fully saturated rings. The maximum absolute atomic E-state index is 12.5. The lowest BCUT2D eigenvalue weighted by Gasteiger charge is -2.32. The van der Waals surface area contributed by atoms with E-state index in [9.17, 15) is 14.4 Å². The van der Waals surface area contributed by atoms with Gasteiger partial charge < -0.3 is 19.6 Å². The van der Waals surface area contributed by atoms with Crippen LogP contribution >= 0.6 is 0 Å². The zero-order chi connectivity index (χ0) is 15.0. The number of carbonyl (C=O) groups excluding carboxylic acids is 2. The first kappa shape index (κ1) is 14.3. The van der Waals surface area contributed by atoms with Crippen LogP contribution in [-0.4, -0.2) is 71.6 Å². The SMILES string of the molecule is O=C(O)C1CC1C(=O)N1CCCC1C(=O)N1CCOCC1. The second-order valence-corrected chi connectivity index (χ2v) is 5.91. The molecule has 0 radical (unpaired) electrons. The summed E-state index contributed by atoms with van der Waals surface area (Å²) in [6.07, 6.45) is 1.88. The minimum absolute atomic E-state index is 0.0170. The molecule has 0 aromatic carbocycles. The van der Waals surface area contributed by atoms with Crippen molar-refractivity contribution >= 4 is 17.8 Å². The number of carboxylic acids is 1. The second kappa shape index (κ2) is 5.63. The molecule has 2 aliphatic heterocycles. The van der Waals surface area contributed by atoms with Gasteiger partial charge in [0.15, 0.2) is 0 Å². The van der Waals surface area contributed by atoms with Crippen molar-refractivity contribution in [2.24, 2.45) is 11.8 Å². The fourth-order valence-corrected chi connectivity index (χ4v) is 3.24. The van der Waals surface area contributed by atoms with Crippen LogP contribution in [0.3, 0.4) is 0 Å². The van der Waals surface area contributed by atoms with Crippen LogP contribution < -0.4 is 0 Å². The average Bonchev–Trinajstić information content (AvgIpc) is 3.16. The third-order valence-corrected chi connectivity index (χ3v) is 4.57. The molecule has 0 bridgehead atoms. The fraction of sp³-hybridized carbons (Fsp3) is 0.786. The molecule has 2 heterocycles. The van der Waals surface area contributed by atoms with Crippen LogP contribution in [0.1, 0.15) is 19.3 Å². The molecule has 7 heteroatoms. The maximum Gasteiger partial charge on any atom is 0.307 e. The molecule has 0 spiro atoms. The zero-order valence-corrected chi connectivity index (χ0v) is 11.9. The highest BCUT2D eigenvalue weighted by atomic mass is 16.5. The van der Waals surface area contributed by atoms with Gasteiger partial charge in [0.1, 0.15) is 6.04 Å². The van der Waals surface area contributed by atoms with Gasteiger partial charge in [-0.25, -0.2) is 0 Å². The van der Waals surface area contributed by atoms with E-state index in [0.29, 0.717) is 45.7 Å². The molecular weight excluding hydrogens is 276 g/mol. The van der Waals surface area contributed by atoms with Gasteiger partial charge in [-0.3, -0.25) is 14.4 Å². The largest absolute Gasteiger partial charge is 0.481 e. The number of morpholine rings is 1. The van der Waals surface area contributed by atoms with Crippen molar-refractivity contribution in [1.82, 2.24) is 9.80 Å². The van der Waals surface area contributed by atoms with Gasteiger partial charge >= 0.3 is 5.97 Å². The molecule has 3 aliphatic rings. The van der Waals surface area contributed by atoms with E-state index >= 15 is 0 Å². The van der Waals surface area contributed by atoms with Gasteiger partial charge in [0.2, 0.25) is 11.8 Å². The molecule has 3 rings (SSSR count). The summed E-state index contributed by atoms with van der Waals surface area (Å²) in [7, 11) is 0. The van der Waals surface area contributed by atoms with Gasteiger partial charge in [-0.2, -0.15) is 0 Å². The highest BCUT2D eigenvalue weighted by Gasteiger charge is 2.52. The number of ether oxygens (including phenoxy) is 1. The molecule has 0 aromatic rings. The highest BCUT2D eigenvalue weighted by Crippen LogP contribution is 2.41. The molecular formula is C14H20N2O5. The van der Waals surface area contributed by atoms with E-state index < -0.39 is 23.8 Å². The number of aliphatic carboxylic acids is 1. The van der Waals surface area contributed by atoms with Gasteiger partial charge in [-0.05, 0) is 19.3 Å². The average molecular weight is 296 g/mol. The van der Waals surface area contributed by atoms with Crippen LogP contribution in [0.2, 0.25) is 0 Å². The van der Waals surface area contributed by atoms with Gasteiger partial charge in [0.25, 0.3) is 0 Å². The van der Waals surface area contributed by atoms with Crippen molar-refractivity contribution in [3.8, 4) is 0 Å². The summed E-state index contributed by atoms with van der Waals surface area (Å²) < 4.78 is 5.24. The Morgan fingerprint density at radius 3 is 2.33 bits per heavy atom. The number of amides is 2. The van der Waals surface area contributed by atoms with Crippen LogP contribution in [0, 0.1) is 11.8 Å². The Morgan fingerprint density at radius 2 is 1.71 bits per heavy atom. The standard InChI is InChI=1S/C14H20N2O5/c17-12(9-8-10(9)14(19)20)16-3-1-2-11(16)13(18)15-4-6-21-7-5-15/h9-11H,1-8H2,(H,19,20). The summed E-state index contributed by atoms with van der Waals surface area (Å²) in [5.74, 6) is -2.08. The number of carboxylic acid groups (broad SMARTS) is 1. The molecule has 1 aliphatic carbocycles. The van der Waals surface area contributed by atoms with E-state index in [4.69, 9.17) is 9.84 Å². The molecule has 1 saturated carbocycles. The first-order chi connectivity index (χ1) is 10.1. The summed E-state index contributed by atoms with van der Waals surface area (Å²) in [4.78, 5) is 39.2. The van der Waals surface area contributed by atoms with Gasteiger partial charge in [-0.15, -0.1) is 0 Å². The topological polar surface area (TPSA) is 87.2 Å². The molecule has 116 valence electrons. The number of hydrogen-bond acceptors (Lipinski definition) is 4. The Balaban J connectivity index is 1.63. The minimum atomic E-state index is -0.913. The third kappa shape index (κ3) is 2.74. The number of carbonyl (C=O) groups is 3. The van der Waals surface area contributed by atoms with E-state index in [1.807, 2.05) is 0 Å². The van der Waals surface area contributed by atoms with Crippen LogP contribution in [0.25, 0.3) is 0 Å². The number of likely N-dealkylation sites (tertiary alicyclic amines) is 1. The lowest BCUT2D eigenvalue weighted by Crippen LogP contribution is -2.51. The van der Waals surface area contributed by atoms with Crippen LogP contribution in [-0.2, 0) is 19.1 Å². The summed E-state index contributed by atoms with van der Waals surface area (Å²) in [5.41, 5.74) is 0. The summed E-state index contributed by atoms with van der Waals surface area (Å²) >= 11 is 0. The lowest BCUT2D eigenvalue weighted by atomic mass is 10.1. The smallest absolute Gasteiger partial charge is 0.307 e. The Morgan fingerprint density at radius 1 is 1.00 bits per heavy atom. The van der Waals surface area contributed by atoms with Crippen LogP contribution in [0.5, 0.6) is 0 Å². The first-order valence-corrected chi connectivity index (χ1v) is 7.49. The summed E-state index contributed by atoms with van der Waals surface area (Å²) in [6.45, 7) is 2.77. The predicted molar refractivity (Wildman–Crippen MR) is 71.4 cm³/mol. The highest BCUT2D eigenvalue weighted by molar-refractivity contribution is 5.93. The number of nitrogens with zero attached hydrogens (tertiary/aromatic N) is 2.